The van der Waals surface area contributed by atoms with E-state index in [1.54, 1.807) is 6.07 Å². The van der Waals surface area contributed by atoms with Gasteiger partial charge in [-0.1, -0.05) is 0 Å². The molecule has 21 heavy (non-hydrogen) atoms. The molecule has 2 aromatic rings. The maximum atomic E-state index is 11.3. The number of carboxylic acid groups (broad SMARTS) is 1. The van der Waals surface area contributed by atoms with Gasteiger partial charge in [0, 0.05) is 30.3 Å². The highest BCUT2D eigenvalue weighted by molar-refractivity contribution is 5.96. The van der Waals surface area contributed by atoms with Crippen LogP contribution in [0.5, 0.6) is 0 Å². The van der Waals surface area contributed by atoms with Gasteiger partial charge in [-0.25, -0.2) is 4.79 Å². The number of rotatable bonds is 7. The topological polar surface area (TPSA) is 88.5 Å². The van der Waals surface area contributed by atoms with Crippen LogP contribution in [0.3, 0.4) is 0 Å². The Morgan fingerprint density at radius 1 is 1.33 bits per heavy atom. The van der Waals surface area contributed by atoms with E-state index in [-0.39, 0.29) is 6.61 Å². The summed E-state index contributed by atoms with van der Waals surface area (Å²) in [6.07, 6.45) is 4.39. The van der Waals surface area contributed by atoms with Crippen LogP contribution in [0.2, 0.25) is 0 Å². The number of aromatic carboxylic acids is 1. The number of hydrogen-bond acceptors (Lipinski definition) is 3. The molecule has 0 bridgehead atoms. The molecule has 2 rings (SSSR count). The van der Waals surface area contributed by atoms with E-state index in [2.05, 4.69) is 10.8 Å². The Balaban J connectivity index is 2.54. The molecule has 114 valence electrons. The Kier molecular flexibility index (Phi) is 4.98. The molecule has 0 amide bonds. The van der Waals surface area contributed by atoms with Crippen molar-refractivity contribution in [2.75, 3.05) is 13.2 Å². The average molecular weight is 290 g/mol. The summed E-state index contributed by atoms with van der Waals surface area (Å²) >= 11 is 0. The molecule has 0 aliphatic rings. The highest BCUT2D eigenvalue weighted by Gasteiger charge is 2.14. The third kappa shape index (κ3) is 3.25. The van der Waals surface area contributed by atoms with Crippen LogP contribution in [0, 0.1) is 6.92 Å². The van der Waals surface area contributed by atoms with E-state index in [0.717, 1.165) is 41.4 Å². The second-order valence-electron chi connectivity index (χ2n) is 5.31. The molecular formula is C16H22N2O3. The van der Waals surface area contributed by atoms with Crippen molar-refractivity contribution in [2.24, 2.45) is 5.73 Å². The summed E-state index contributed by atoms with van der Waals surface area (Å²) in [6, 6.07) is 3.68. The summed E-state index contributed by atoms with van der Waals surface area (Å²) in [5.74, 6) is -0.905. The van der Waals surface area contributed by atoms with Crippen molar-refractivity contribution in [1.29, 1.82) is 0 Å². The molecule has 0 saturated carbocycles. The first-order chi connectivity index (χ1) is 10.1. The lowest BCUT2D eigenvalue weighted by Gasteiger charge is -2.06. The first kappa shape index (κ1) is 15.5. The number of carboxylic acids is 1. The molecule has 1 aromatic carbocycles. The zero-order chi connectivity index (χ0) is 15.4. The summed E-state index contributed by atoms with van der Waals surface area (Å²) in [5.41, 5.74) is 8.75. The molecule has 0 radical (unpaired) electrons. The van der Waals surface area contributed by atoms with E-state index in [0.29, 0.717) is 18.5 Å². The summed E-state index contributed by atoms with van der Waals surface area (Å²) in [6.45, 7) is 3.34. The smallest absolute Gasteiger partial charge is 0.336 e. The number of benzene rings is 1. The lowest BCUT2D eigenvalue weighted by molar-refractivity contribution is 0.0696. The molecule has 1 heterocycles. The molecule has 1 aromatic heterocycles. The van der Waals surface area contributed by atoms with Gasteiger partial charge in [-0.3, -0.25) is 0 Å². The van der Waals surface area contributed by atoms with E-state index in [1.165, 1.54) is 0 Å². The molecule has 5 heteroatoms. The predicted molar refractivity (Wildman–Crippen MR) is 82.7 cm³/mol. The van der Waals surface area contributed by atoms with Crippen LogP contribution < -0.4 is 5.73 Å². The number of aromatic nitrogens is 1. The molecule has 0 fully saturated rings. The van der Waals surface area contributed by atoms with E-state index >= 15 is 0 Å². The standard InChI is InChI=1S/C16H22N2O3/c1-11-8-14-12(4-2-7-19)10-18(6-3-5-17)15(14)9-13(11)16(20)21/h8-10,19H,2-7,17H2,1H3,(H,20,21). The molecule has 4 N–H and O–H groups in total. The van der Waals surface area contributed by atoms with E-state index in [4.69, 9.17) is 10.8 Å². The fourth-order valence-corrected chi connectivity index (χ4v) is 2.66. The quantitative estimate of drug-likeness (QED) is 0.727. The van der Waals surface area contributed by atoms with Crippen LogP contribution >= 0.6 is 0 Å². The third-order valence-corrected chi connectivity index (χ3v) is 3.75. The maximum Gasteiger partial charge on any atom is 0.336 e. The Bertz CT molecular complexity index is 646. The number of carbonyl (C=O) groups is 1. The minimum Gasteiger partial charge on any atom is -0.478 e. The van der Waals surface area contributed by atoms with Gasteiger partial charge in [0.15, 0.2) is 0 Å². The second-order valence-corrected chi connectivity index (χ2v) is 5.31. The van der Waals surface area contributed by atoms with Gasteiger partial charge < -0.3 is 20.5 Å². The fourth-order valence-electron chi connectivity index (χ4n) is 2.66. The molecule has 0 unspecified atom stereocenters. The fraction of sp³-hybridized carbons (Fsp3) is 0.438. The van der Waals surface area contributed by atoms with Gasteiger partial charge >= 0.3 is 5.97 Å². The third-order valence-electron chi connectivity index (χ3n) is 3.75. The number of aliphatic hydroxyl groups excluding tert-OH is 1. The van der Waals surface area contributed by atoms with Crippen LogP contribution in [-0.4, -0.2) is 33.9 Å². The lowest BCUT2D eigenvalue weighted by Crippen LogP contribution is -2.05. The zero-order valence-corrected chi connectivity index (χ0v) is 12.3. The van der Waals surface area contributed by atoms with E-state index in [1.807, 2.05) is 13.0 Å². The first-order valence-electron chi connectivity index (χ1n) is 7.25. The summed E-state index contributed by atoms with van der Waals surface area (Å²) < 4.78 is 2.07. The van der Waals surface area contributed by atoms with Crippen molar-refractivity contribution >= 4 is 16.9 Å². The minimum atomic E-state index is -0.905. The van der Waals surface area contributed by atoms with E-state index in [9.17, 15) is 9.90 Å². The lowest BCUT2D eigenvalue weighted by atomic mass is 10.0. The zero-order valence-electron chi connectivity index (χ0n) is 12.3. The average Bonchev–Trinajstić information content (AvgIpc) is 2.78. The van der Waals surface area contributed by atoms with Crippen molar-refractivity contribution in [3.05, 3.63) is 35.0 Å². The second kappa shape index (κ2) is 6.74. The monoisotopic (exact) mass is 290 g/mol. The van der Waals surface area contributed by atoms with Crippen molar-refractivity contribution in [3.63, 3.8) is 0 Å². The number of nitrogens with two attached hydrogens (primary N) is 1. The van der Waals surface area contributed by atoms with Crippen LogP contribution in [0.1, 0.15) is 34.3 Å². The van der Waals surface area contributed by atoms with Gasteiger partial charge in [0.25, 0.3) is 0 Å². The molecule has 0 atom stereocenters. The molecule has 0 aliphatic carbocycles. The van der Waals surface area contributed by atoms with Gasteiger partial charge in [-0.2, -0.15) is 0 Å². The van der Waals surface area contributed by atoms with Crippen molar-refractivity contribution in [3.8, 4) is 0 Å². The highest BCUT2D eigenvalue weighted by Crippen LogP contribution is 2.26. The number of hydrogen-bond donors (Lipinski definition) is 3. The van der Waals surface area contributed by atoms with Crippen molar-refractivity contribution < 1.29 is 15.0 Å². The molecule has 0 aliphatic heterocycles. The molecule has 0 saturated heterocycles. The maximum absolute atomic E-state index is 11.3. The van der Waals surface area contributed by atoms with Gasteiger partial charge in [0.05, 0.1) is 5.56 Å². The van der Waals surface area contributed by atoms with Gasteiger partial charge in [-0.05, 0) is 56.0 Å². The minimum absolute atomic E-state index is 0.154. The van der Waals surface area contributed by atoms with Crippen molar-refractivity contribution in [2.45, 2.75) is 32.7 Å². The largest absolute Gasteiger partial charge is 0.478 e. The Morgan fingerprint density at radius 2 is 2.10 bits per heavy atom. The highest BCUT2D eigenvalue weighted by atomic mass is 16.4. The Labute approximate surface area is 124 Å². The summed E-state index contributed by atoms with van der Waals surface area (Å²) in [4.78, 5) is 11.3. The van der Waals surface area contributed by atoms with Gasteiger partial charge in [0.1, 0.15) is 0 Å². The number of nitrogens with zero attached hydrogens (tertiary/aromatic N) is 1. The van der Waals surface area contributed by atoms with Crippen molar-refractivity contribution in [1.82, 2.24) is 4.57 Å². The van der Waals surface area contributed by atoms with E-state index < -0.39 is 5.97 Å². The van der Waals surface area contributed by atoms with Crippen LogP contribution in [0.25, 0.3) is 10.9 Å². The summed E-state index contributed by atoms with van der Waals surface area (Å²) in [5, 5.41) is 19.4. The first-order valence-corrected chi connectivity index (χ1v) is 7.25. The molecular weight excluding hydrogens is 268 g/mol. The SMILES string of the molecule is Cc1cc2c(CCCO)cn(CCCN)c2cc1C(=O)O. The number of aryl methyl sites for hydroxylation is 3. The summed E-state index contributed by atoms with van der Waals surface area (Å²) in [7, 11) is 0. The van der Waals surface area contributed by atoms with Gasteiger partial charge in [-0.15, -0.1) is 0 Å². The Morgan fingerprint density at radius 3 is 2.71 bits per heavy atom. The molecule has 0 spiro atoms. The normalized spacial score (nSPS) is 11.2. The van der Waals surface area contributed by atoms with Gasteiger partial charge in [0.2, 0.25) is 0 Å². The number of aliphatic hydroxyl groups is 1. The number of fused-ring (bicyclic) bond motifs is 1. The molecule has 5 nitrogen and oxygen atoms in total. The van der Waals surface area contributed by atoms with Crippen LogP contribution in [-0.2, 0) is 13.0 Å². The van der Waals surface area contributed by atoms with Crippen LogP contribution in [0.15, 0.2) is 18.3 Å². The Hall–Kier alpha value is -1.85. The van der Waals surface area contributed by atoms with Crippen LogP contribution in [0.4, 0.5) is 0 Å². The predicted octanol–water partition coefficient (Wildman–Crippen LogP) is 1.92.